The Morgan fingerprint density at radius 1 is 1.27 bits per heavy atom. The number of aliphatic hydroxyl groups is 1. The van der Waals surface area contributed by atoms with Crippen molar-refractivity contribution in [3.8, 4) is 0 Å². The molecule has 2 amide bonds. The van der Waals surface area contributed by atoms with Crippen molar-refractivity contribution in [1.82, 2.24) is 20.2 Å². The molecule has 1 aromatic heterocycles. The number of benzene rings is 1. The van der Waals surface area contributed by atoms with Crippen LogP contribution in [0.2, 0.25) is 0 Å². The molecule has 37 heavy (non-hydrogen) atoms. The van der Waals surface area contributed by atoms with Crippen LogP contribution in [0.4, 0.5) is 11.4 Å². The summed E-state index contributed by atoms with van der Waals surface area (Å²) in [5.74, 6) is 5.30. The van der Waals surface area contributed by atoms with Gasteiger partial charge in [0.05, 0.1) is 28.5 Å². The van der Waals surface area contributed by atoms with Crippen molar-refractivity contribution < 1.29 is 19.5 Å². The Bertz CT molecular complexity index is 1270. The van der Waals surface area contributed by atoms with Crippen LogP contribution in [0.5, 0.6) is 0 Å². The van der Waals surface area contributed by atoms with Crippen LogP contribution >= 0.6 is 0 Å². The molecule has 0 saturated carbocycles. The average Bonchev–Trinajstić information content (AvgIpc) is 3.21. The minimum absolute atomic E-state index is 0.0454. The third-order valence-corrected chi connectivity index (χ3v) is 6.74. The highest BCUT2D eigenvalue weighted by molar-refractivity contribution is 6.09. The van der Waals surface area contributed by atoms with E-state index in [1.165, 1.54) is 11.8 Å². The second kappa shape index (κ2) is 10.2. The quantitative estimate of drug-likeness (QED) is 0.220. The van der Waals surface area contributed by atoms with Gasteiger partial charge in [0.15, 0.2) is 5.78 Å². The van der Waals surface area contributed by atoms with E-state index >= 15 is 0 Å². The van der Waals surface area contributed by atoms with E-state index in [1.807, 2.05) is 36.4 Å². The lowest BCUT2D eigenvalue weighted by atomic mass is 9.73. The number of fused-ring (bicyclic) bond motifs is 1. The summed E-state index contributed by atoms with van der Waals surface area (Å²) in [7, 11) is 1.64. The fourth-order valence-corrected chi connectivity index (χ4v) is 5.02. The minimum atomic E-state index is -0.955. The van der Waals surface area contributed by atoms with E-state index < -0.39 is 17.7 Å². The number of anilines is 2. The molecular weight excluding hydrogens is 472 g/mol. The Labute approximate surface area is 216 Å². The SMILES string of the molecule is CC(=O)N(N)C1C=C(c2[nH]c3c(c2Nc2ccccc2)C(=O)CC(C)(C(=O)N(C)C[C@H](C)O)C3)C=CN1. The Balaban J connectivity index is 1.78. The number of H-pyrrole nitrogens is 1. The van der Waals surface area contributed by atoms with Crippen molar-refractivity contribution in [2.75, 3.05) is 18.9 Å². The second-order valence-electron chi connectivity index (χ2n) is 10.1. The predicted octanol–water partition coefficient (Wildman–Crippen LogP) is 2.28. The molecule has 3 atom stereocenters. The smallest absolute Gasteiger partial charge is 0.235 e. The van der Waals surface area contributed by atoms with Crippen LogP contribution in [0, 0.1) is 5.41 Å². The zero-order chi connectivity index (χ0) is 26.9. The molecule has 2 aromatic rings. The van der Waals surface area contributed by atoms with Gasteiger partial charge < -0.3 is 25.6 Å². The molecule has 1 aliphatic heterocycles. The molecule has 2 heterocycles. The standard InChI is InChI=1S/C27H34N6O4/c1-16(34)15-32(4)26(37)27(3)13-20-23(21(36)14-27)25(30-19-8-6-5-7-9-19)24(31-20)18-10-11-29-22(12-18)33(28)17(2)35/h5-12,16,22,29-31,34H,13-15,28H2,1-4H3/t16-,22?,27?/m0/s1. The first-order valence-electron chi connectivity index (χ1n) is 12.2. The molecule has 10 heteroatoms. The Kier molecular flexibility index (Phi) is 7.24. The summed E-state index contributed by atoms with van der Waals surface area (Å²) in [6.07, 6.45) is 4.48. The largest absolute Gasteiger partial charge is 0.392 e. The summed E-state index contributed by atoms with van der Waals surface area (Å²) >= 11 is 0. The van der Waals surface area contributed by atoms with Crippen molar-refractivity contribution in [1.29, 1.82) is 0 Å². The van der Waals surface area contributed by atoms with Crippen molar-refractivity contribution in [3.63, 3.8) is 0 Å². The molecule has 0 saturated heterocycles. The summed E-state index contributed by atoms with van der Waals surface area (Å²) in [6.45, 7) is 4.98. The van der Waals surface area contributed by atoms with Gasteiger partial charge >= 0.3 is 0 Å². The zero-order valence-corrected chi connectivity index (χ0v) is 21.5. The van der Waals surface area contributed by atoms with Crippen LogP contribution in [-0.4, -0.2) is 63.5 Å². The number of carbonyl (C=O) groups excluding carboxylic acids is 3. The molecular formula is C27H34N6O4. The molecule has 0 spiro atoms. The van der Waals surface area contributed by atoms with Crippen LogP contribution in [-0.2, 0) is 16.0 Å². The minimum Gasteiger partial charge on any atom is -0.392 e. The maximum absolute atomic E-state index is 13.6. The number of Topliss-reactive ketones (excluding diaryl/α,β-unsaturated/α-hetero) is 1. The number of rotatable bonds is 7. The third kappa shape index (κ3) is 5.30. The van der Waals surface area contributed by atoms with E-state index in [0.717, 1.165) is 16.3 Å². The van der Waals surface area contributed by atoms with Gasteiger partial charge in [0.2, 0.25) is 11.8 Å². The fourth-order valence-electron chi connectivity index (χ4n) is 5.02. The number of likely N-dealkylation sites (N-methyl/N-ethyl adjacent to an activating group) is 1. The van der Waals surface area contributed by atoms with Gasteiger partial charge in [0.25, 0.3) is 0 Å². The van der Waals surface area contributed by atoms with Gasteiger partial charge in [-0.05, 0) is 44.3 Å². The number of hydrogen-bond donors (Lipinski definition) is 5. The first-order chi connectivity index (χ1) is 17.5. The summed E-state index contributed by atoms with van der Waals surface area (Å²) < 4.78 is 0. The Hall–Kier alpha value is -3.89. The van der Waals surface area contributed by atoms with Gasteiger partial charge in [-0.2, -0.15) is 0 Å². The van der Waals surface area contributed by atoms with Crippen molar-refractivity contribution >= 4 is 34.5 Å². The molecule has 0 radical (unpaired) electrons. The monoisotopic (exact) mass is 506 g/mol. The number of nitrogens with zero attached hydrogens (tertiary/aromatic N) is 2. The predicted molar refractivity (Wildman–Crippen MR) is 141 cm³/mol. The van der Waals surface area contributed by atoms with E-state index in [-0.39, 0.29) is 30.6 Å². The first-order valence-corrected chi connectivity index (χ1v) is 12.2. The maximum Gasteiger partial charge on any atom is 0.235 e. The van der Waals surface area contributed by atoms with Crippen molar-refractivity contribution in [3.05, 3.63) is 65.6 Å². The van der Waals surface area contributed by atoms with E-state index in [4.69, 9.17) is 5.84 Å². The molecule has 10 nitrogen and oxygen atoms in total. The maximum atomic E-state index is 13.6. The Morgan fingerprint density at radius 2 is 1.97 bits per heavy atom. The van der Waals surface area contributed by atoms with Gasteiger partial charge in [-0.15, -0.1) is 0 Å². The molecule has 2 aliphatic rings. The number of allylic oxidation sites excluding steroid dienone is 2. The molecule has 196 valence electrons. The second-order valence-corrected chi connectivity index (χ2v) is 10.1. The van der Waals surface area contributed by atoms with Gasteiger partial charge in [-0.25, -0.2) is 5.84 Å². The van der Waals surface area contributed by atoms with Gasteiger partial charge in [0.1, 0.15) is 6.17 Å². The van der Waals surface area contributed by atoms with E-state index in [0.29, 0.717) is 29.1 Å². The van der Waals surface area contributed by atoms with Crippen molar-refractivity contribution in [2.45, 2.75) is 45.9 Å². The van der Waals surface area contributed by atoms with Crippen LogP contribution < -0.4 is 16.5 Å². The van der Waals surface area contributed by atoms with Crippen LogP contribution in [0.25, 0.3) is 5.57 Å². The lowest BCUT2D eigenvalue weighted by molar-refractivity contribution is -0.141. The van der Waals surface area contributed by atoms with E-state index in [1.54, 1.807) is 33.2 Å². The number of carbonyl (C=O) groups is 3. The number of aliphatic hydroxyl groups excluding tert-OH is 1. The summed E-state index contributed by atoms with van der Waals surface area (Å²) in [4.78, 5) is 43.7. The number of dihydropyridines is 1. The van der Waals surface area contributed by atoms with Gasteiger partial charge in [-0.1, -0.05) is 18.2 Å². The number of amides is 2. The van der Waals surface area contributed by atoms with E-state index in [2.05, 4.69) is 15.6 Å². The van der Waals surface area contributed by atoms with Gasteiger partial charge in [0, 0.05) is 50.3 Å². The molecule has 6 N–H and O–H groups in total. The third-order valence-electron chi connectivity index (χ3n) is 6.74. The number of aromatic nitrogens is 1. The highest BCUT2D eigenvalue weighted by Crippen LogP contribution is 2.43. The number of hydrazine groups is 1. The highest BCUT2D eigenvalue weighted by atomic mass is 16.3. The zero-order valence-electron chi connectivity index (χ0n) is 21.5. The number of para-hydroxylation sites is 1. The number of nitrogens with two attached hydrogens (primary N) is 1. The van der Waals surface area contributed by atoms with Crippen LogP contribution in [0.1, 0.15) is 48.9 Å². The topological polar surface area (TPSA) is 144 Å². The number of hydrogen-bond acceptors (Lipinski definition) is 7. The average molecular weight is 507 g/mol. The number of nitrogens with one attached hydrogen (secondary N) is 3. The first kappa shape index (κ1) is 26.2. The number of aromatic amines is 1. The molecule has 0 fully saturated rings. The normalized spacial score (nSPS) is 21.4. The Morgan fingerprint density at radius 3 is 2.62 bits per heavy atom. The lowest BCUT2D eigenvalue weighted by Gasteiger charge is -2.35. The fraction of sp³-hybridized carbons (Fsp3) is 0.370. The molecule has 2 unspecified atom stereocenters. The summed E-state index contributed by atoms with van der Waals surface area (Å²) in [6, 6.07) is 9.51. The highest BCUT2D eigenvalue weighted by Gasteiger charge is 2.45. The van der Waals surface area contributed by atoms with Gasteiger partial charge in [-0.3, -0.25) is 19.4 Å². The summed E-state index contributed by atoms with van der Waals surface area (Å²) in [5.41, 5.74) is 3.04. The number of ketones is 1. The molecule has 0 bridgehead atoms. The van der Waals surface area contributed by atoms with Crippen LogP contribution in [0.15, 0.2) is 48.7 Å². The van der Waals surface area contributed by atoms with Crippen molar-refractivity contribution in [2.24, 2.45) is 11.3 Å². The lowest BCUT2D eigenvalue weighted by Crippen LogP contribution is -2.50. The molecule has 4 rings (SSSR count). The van der Waals surface area contributed by atoms with E-state index in [9.17, 15) is 19.5 Å². The van der Waals surface area contributed by atoms with Crippen LogP contribution in [0.3, 0.4) is 0 Å². The molecule has 1 aliphatic carbocycles. The molecule has 1 aromatic carbocycles. The summed E-state index contributed by atoms with van der Waals surface area (Å²) in [5, 5.41) is 17.3.